The van der Waals surface area contributed by atoms with Crippen molar-refractivity contribution in [3.8, 4) is 0 Å². The SMILES string of the molecule is CCCC(Nc1ccc(Cl)cc1[N+](=O)[O-])c1cccs1. The maximum atomic E-state index is 11.1. The van der Waals surface area contributed by atoms with Crippen molar-refractivity contribution >= 4 is 34.3 Å². The molecule has 0 radical (unpaired) electrons. The van der Waals surface area contributed by atoms with Gasteiger partial charge in [-0.05, 0) is 30.0 Å². The summed E-state index contributed by atoms with van der Waals surface area (Å²) in [6.45, 7) is 2.10. The van der Waals surface area contributed by atoms with Gasteiger partial charge in [0.25, 0.3) is 5.69 Å². The molecule has 0 fully saturated rings. The van der Waals surface area contributed by atoms with E-state index < -0.39 is 4.92 Å². The van der Waals surface area contributed by atoms with Gasteiger partial charge in [0.1, 0.15) is 5.69 Å². The van der Waals surface area contributed by atoms with Crippen LogP contribution in [0.15, 0.2) is 35.7 Å². The van der Waals surface area contributed by atoms with Gasteiger partial charge in [-0.25, -0.2) is 0 Å². The number of rotatable bonds is 6. The summed E-state index contributed by atoms with van der Waals surface area (Å²) >= 11 is 7.48. The van der Waals surface area contributed by atoms with E-state index in [1.807, 2.05) is 17.5 Å². The molecule has 0 aliphatic carbocycles. The van der Waals surface area contributed by atoms with Crippen molar-refractivity contribution in [3.63, 3.8) is 0 Å². The van der Waals surface area contributed by atoms with Crippen LogP contribution in [0.1, 0.15) is 30.7 Å². The van der Waals surface area contributed by atoms with Crippen LogP contribution < -0.4 is 5.32 Å². The predicted octanol–water partition coefficient (Wildman–Crippen LogP) is 5.26. The van der Waals surface area contributed by atoms with E-state index >= 15 is 0 Å². The van der Waals surface area contributed by atoms with Crippen LogP contribution in [0.2, 0.25) is 5.02 Å². The number of nitrogens with zero attached hydrogens (tertiary/aromatic N) is 1. The maximum absolute atomic E-state index is 11.1. The second-order valence-electron chi connectivity index (χ2n) is 4.42. The van der Waals surface area contributed by atoms with E-state index in [1.165, 1.54) is 10.9 Å². The Kier molecular flexibility index (Phi) is 4.98. The Balaban J connectivity index is 2.29. The first kappa shape index (κ1) is 14.8. The van der Waals surface area contributed by atoms with Gasteiger partial charge in [0, 0.05) is 16.0 Å². The number of thiophene rings is 1. The minimum atomic E-state index is -0.411. The normalized spacial score (nSPS) is 12.1. The predicted molar refractivity (Wildman–Crippen MR) is 83.7 cm³/mol. The molecule has 0 saturated carbocycles. The molecule has 0 amide bonds. The number of halogens is 1. The summed E-state index contributed by atoms with van der Waals surface area (Å²) < 4.78 is 0. The first-order chi connectivity index (χ1) is 9.61. The highest BCUT2D eigenvalue weighted by atomic mass is 35.5. The Hall–Kier alpha value is -1.59. The smallest absolute Gasteiger partial charge is 0.293 e. The first-order valence-corrected chi connectivity index (χ1v) is 7.61. The van der Waals surface area contributed by atoms with Crippen molar-refractivity contribution < 1.29 is 4.92 Å². The zero-order valence-electron chi connectivity index (χ0n) is 11.0. The topological polar surface area (TPSA) is 55.2 Å². The summed E-state index contributed by atoms with van der Waals surface area (Å²) in [5.41, 5.74) is 0.515. The summed E-state index contributed by atoms with van der Waals surface area (Å²) in [5, 5.41) is 16.8. The minimum Gasteiger partial charge on any atom is -0.372 e. The van der Waals surface area contributed by atoms with Crippen molar-refractivity contribution in [1.82, 2.24) is 0 Å². The average Bonchev–Trinajstić information content (AvgIpc) is 2.93. The molecule has 0 saturated heterocycles. The molecule has 6 heteroatoms. The largest absolute Gasteiger partial charge is 0.372 e. The lowest BCUT2D eigenvalue weighted by atomic mass is 10.1. The lowest BCUT2D eigenvalue weighted by molar-refractivity contribution is -0.384. The van der Waals surface area contributed by atoms with Crippen LogP contribution in [-0.4, -0.2) is 4.92 Å². The van der Waals surface area contributed by atoms with Crippen LogP contribution in [0.4, 0.5) is 11.4 Å². The number of hydrogen-bond acceptors (Lipinski definition) is 4. The van der Waals surface area contributed by atoms with Gasteiger partial charge < -0.3 is 5.32 Å². The quantitative estimate of drug-likeness (QED) is 0.584. The maximum Gasteiger partial charge on any atom is 0.293 e. The zero-order valence-corrected chi connectivity index (χ0v) is 12.6. The molecule has 20 heavy (non-hydrogen) atoms. The van der Waals surface area contributed by atoms with E-state index in [1.54, 1.807) is 23.5 Å². The van der Waals surface area contributed by atoms with Crippen molar-refractivity contribution in [2.24, 2.45) is 0 Å². The Morgan fingerprint density at radius 1 is 1.45 bits per heavy atom. The summed E-state index contributed by atoms with van der Waals surface area (Å²) in [4.78, 5) is 11.9. The molecule has 1 atom stereocenters. The fourth-order valence-corrected chi connectivity index (χ4v) is 3.01. The second kappa shape index (κ2) is 6.72. The van der Waals surface area contributed by atoms with Crippen LogP contribution >= 0.6 is 22.9 Å². The second-order valence-corrected chi connectivity index (χ2v) is 5.84. The van der Waals surface area contributed by atoms with Gasteiger partial charge in [0.05, 0.1) is 11.0 Å². The van der Waals surface area contributed by atoms with Gasteiger partial charge in [-0.3, -0.25) is 10.1 Å². The minimum absolute atomic E-state index is 0.00941. The van der Waals surface area contributed by atoms with E-state index in [2.05, 4.69) is 12.2 Å². The Morgan fingerprint density at radius 3 is 2.85 bits per heavy atom. The van der Waals surface area contributed by atoms with Crippen LogP contribution in [0.25, 0.3) is 0 Å². The van der Waals surface area contributed by atoms with Gasteiger partial charge in [0.15, 0.2) is 0 Å². The molecule has 4 nitrogen and oxygen atoms in total. The highest BCUT2D eigenvalue weighted by Gasteiger charge is 2.19. The molecule has 1 unspecified atom stereocenters. The first-order valence-electron chi connectivity index (χ1n) is 6.35. The molecular weight excluding hydrogens is 296 g/mol. The van der Waals surface area contributed by atoms with Crippen molar-refractivity contribution in [3.05, 3.63) is 55.7 Å². The van der Waals surface area contributed by atoms with Crippen molar-refractivity contribution in [2.75, 3.05) is 5.32 Å². The fraction of sp³-hybridized carbons (Fsp3) is 0.286. The van der Waals surface area contributed by atoms with Gasteiger partial charge >= 0.3 is 0 Å². The molecule has 1 heterocycles. The van der Waals surface area contributed by atoms with E-state index in [0.717, 1.165) is 12.8 Å². The van der Waals surface area contributed by atoms with Crippen molar-refractivity contribution in [1.29, 1.82) is 0 Å². The number of nitrogens with one attached hydrogen (secondary N) is 1. The van der Waals surface area contributed by atoms with Gasteiger partial charge in [0.2, 0.25) is 0 Å². The summed E-state index contributed by atoms with van der Waals surface area (Å²) in [7, 11) is 0. The van der Waals surface area contributed by atoms with Crippen molar-refractivity contribution in [2.45, 2.75) is 25.8 Å². The van der Waals surface area contributed by atoms with E-state index in [4.69, 9.17) is 11.6 Å². The van der Waals surface area contributed by atoms with Gasteiger partial charge in [-0.15, -0.1) is 11.3 Å². The molecule has 1 aromatic heterocycles. The van der Waals surface area contributed by atoms with E-state index in [0.29, 0.717) is 10.7 Å². The lowest BCUT2D eigenvalue weighted by Gasteiger charge is -2.18. The Bertz CT molecular complexity index is 587. The average molecular weight is 311 g/mol. The van der Waals surface area contributed by atoms with E-state index in [-0.39, 0.29) is 11.7 Å². The monoisotopic (exact) mass is 310 g/mol. The molecule has 0 spiro atoms. The number of nitro groups is 1. The molecule has 2 aromatic rings. The third-order valence-corrected chi connectivity index (χ3v) is 4.17. The number of anilines is 1. The fourth-order valence-electron chi connectivity index (χ4n) is 2.03. The Labute approximate surface area is 126 Å². The third kappa shape index (κ3) is 3.49. The molecule has 0 bridgehead atoms. The summed E-state index contributed by atoms with van der Waals surface area (Å²) in [6.07, 6.45) is 1.91. The number of hydrogen-bond donors (Lipinski definition) is 1. The number of nitro benzene ring substituents is 1. The zero-order chi connectivity index (χ0) is 14.5. The number of benzene rings is 1. The molecular formula is C14H15ClN2O2S. The highest BCUT2D eigenvalue weighted by Crippen LogP contribution is 2.33. The molecule has 106 valence electrons. The van der Waals surface area contributed by atoms with Crippen LogP contribution in [-0.2, 0) is 0 Å². The summed E-state index contributed by atoms with van der Waals surface area (Å²) in [5.74, 6) is 0. The molecule has 0 aliphatic heterocycles. The van der Waals surface area contributed by atoms with E-state index in [9.17, 15) is 10.1 Å². The molecule has 2 rings (SSSR count). The molecule has 1 aromatic carbocycles. The summed E-state index contributed by atoms with van der Waals surface area (Å²) in [6, 6.07) is 8.81. The standard InChI is InChI=1S/C14H15ClN2O2S/c1-2-4-12(14-5-3-8-20-14)16-11-7-6-10(15)9-13(11)17(18)19/h3,5-9,12,16H,2,4H2,1H3. The van der Waals surface area contributed by atoms with Gasteiger partial charge in [-0.2, -0.15) is 0 Å². The molecule has 0 aliphatic rings. The van der Waals surface area contributed by atoms with Crippen LogP contribution in [0, 0.1) is 10.1 Å². The highest BCUT2D eigenvalue weighted by molar-refractivity contribution is 7.10. The van der Waals surface area contributed by atoms with Crippen LogP contribution in [0.5, 0.6) is 0 Å². The third-order valence-electron chi connectivity index (χ3n) is 2.95. The van der Waals surface area contributed by atoms with Gasteiger partial charge in [-0.1, -0.05) is 31.0 Å². The van der Waals surface area contributed by atoms with Crippen LogP contribution in [0.3, 0.4) is 0 Å². The Morgan fingerprint density at radius 2 is 2.25 bits per heavy atom. The lowest BCUT2D eigenvalue weighted by Crippen LogP contribution is -2.10. The molecule has 1 N–H and O–H groups in total.